The van der Waals surface area contributed by atoms with Crippen molar-refractivity contribution in [3.05, 3.63) is 92.7 Å². The van der Waals surface area contributed by atoms with Gasteiger partial charge in [0, 0.05) is 21.0 Å². The van der Waals surface area contributed by atoms with E-state index in [2.05, 4.69) is 22.9 Å². The lowest BCUT2D eigenvalue weighted by atomic mass is 9.76. The topological polar surface area (TPSA) is 93.6 Å². The molecule has 7 nitrogen and oxygen atoms in total. The smallest absolute Gasteiger partial charge is 0.339 e. The molecule has 3 aromatic carbocycles. The average Bonchev–Trinajstić information content (AvgIpc) is 3.26. The lowest BCUT2D eigenvalue weighted by Crippen LogP contribution is -2.30. The lowest BCUT2D eigenvalue weighted by Gasteiger charge is -2.25. The molecule has 44 heavy (non-hydrogen) atoms. The van der Waals surface area contributed by atoms with Crippen LogP contribution in [0.2, 0.25) is 5.02 Å². The van der Waals surface area contributed by atoms with Gasteiger partial charge in [0.15, 0.2) is 12.4 Å². The standard InChI is InChI=1S/C34H27BrClFN2O5/c1-17-3-12-23-25(13-17)33(42)39(32(23)41)22-10-6-19(7-11-22)28-15-26(24-14-27(35)30(36)18(2)31(24)38-28)34(43)44-16-29(40)20-4-8-21(37)9-5-20/h4-11,14-15,17,23,25H,3,12-13,16H2,1-2H3. The van der Waals surface area contributed by atoms with Crippen molar-refractivity contribution in [2.75, 3.05) is 11.5 Å². The normalized spacial score (nSPS) is 19.8. The maximum absolute atomic E-state index is 13.4. The van der Waals surface area contributed by atoms with Crippen molar-refractivity contribution in [1.29, 1.82) is 0 Å². The lowest BCUT2D eigenvalue weighted by molar-refractivity contribution is -0.122. The number of Topliss-reactive ketones (excluding diaryl/α,β-unsaturated/α-hetero) is 1. The molecule has 1 saturated carbocycles. The molecule has 0 bridgehead atoms. The highest BCUT2D eigenvalue weighted by Crippen LogP contribution is 2.42. The number of carbonyl (C=O) groups excluding carboxylic acids is 4. The van der Waals surface area contributed by atoms with Gasteiger partial charge in [0.05, 0.1) is 39.3 Å². The van der Waals surface area contributed by atoms with E-state index in [9.17, 15) is 23.6 Å². The Morgan fingerprint density at radius 3 is 2.41 bits per heavy atom. The Morgan fingerprint density at radius 1 is 1.02 bits per heavy atom. The number of esters is 1. The average molecular weight is 678 g/mol. The van der Waals surface area contributed by atoms with Crippen LogP contribution in [0.1, 0.15) is 52.5 Å². The van der Waals surface area contributed by atoms with E-state index < -0.39 is 24.2 Å². The van der Waals surface area contributed by atoms with Crippen molar-refractivity contribution >= 4 is 67.7 Å². The molecule has 2 fully saturated rings. The number of aryl methyl sites for hydroxylation is 1. The number of ether oxygens (including phenoxy) is 1. The maximum atomic E-state index is 13.4. The van der Waals surface area contributed by atoms with Crippen LogP contribution in [0.4, 0.5) is 10.1 Å². The number of hydrogen-bond acceptors (Lipinski definition) is 6. The minimum atomic E-state index is -0.746. The number of amides is 2. The van der Waals surface area contributed by atoms with Crippen LogP contribution in [-0.2, 0) is 14.3 Å². The summed E-state index contributed by atoms with van der Waals surface area (Å²) < 4.78 is 19.2. The van der Waals surface area contributed by atoms with E-state index in [0.29, 0.717) is 48.8 Å². The number of ketones is 1. The van der Waals surface area contributed by atoms with E-state index in [4.69, 9.17) is 21.3 Å². The van der Waals surface area contributed by atoms with Crippen molar-refractivity contribution in [3.8, 4) is 11.3 Å². The number of imide groups is 1. The van der Waals surface area contributed by atoms with Gasteiger partial charge >= 0.3 is 5.97 Å². The molecule has 10 heteroatoms. The first-order valence-corrected chi connectivity index (χ1v) is 15.4. The first-order chi connectivity index (χ1) is 21.0. The molecule has 3 atom stereocenters. The van der Waals surface area contributed by atoms with Crippen molar-refractivity contribution in [3.63, 3.8) is 0 Å². The van der Waals surface area contributed by atoms with Gasteiger partial charge in [-0.1, -0.05) is 30.7 Å². The highest BCUT2D eigenvalue weighted by atomic mass is 79.9. The monoisotopic (exact) mass is 676 g/mol. The van der Waals surface area contributed by atoms with Crippen LogP contribution in [-0.4, -0.2) is 35.2 Å². The molecular formula is C34H27BrClFN2O5. The van der Waals surface area contributed by atoms with Crippen molar-refractivity contribution < 1.29 is 28.3 Å². The van der Waals surface area contributed by atoms with Crippen LogP contribution in [0.25, 0.3) is 22.2 Å². The summed E-state index contributed by atoms with van der Waals surface area (Å²) in [5.41, 5.74) is 3.06. The van der Waals surface area contributed by atoms with Gasteiger partial charge in [0.25, 0.3) is 0 Å². The summed E-state index contributed by atoms with van der Waals surface area (Å²) in [6, 6.07) is 15.1. The van der Waals surface area contributed by atoms with Gasteiger partial charge in [-0.25, -0.2) is 14.2 Å². The Balaban J connectivity index is 1.32. The third-order valence-corrected chi connectivity index (χ3v) is 9.89. The van der Waals surface area contributed by atoms with Gasteiger partial charge in [-0.05, 0) is 102 Å². The van der Waals surface area contributed by atoms with Crippen LogP contribution in [0, 0.1) is 30.5 Å². The largest absolute Gasteiger partial charge is 0.454 e. The summed E-state index contributed by atoms with van der Waals surface area (Å²) in [6.45, 7) is 3.36. The number of fused-ring (bicyclic) bond motifs is 2. The molecule has 3 unspecified atom stereocenters. The van der Waals surface area contributed by atoms with E-state index in [1.165, 1.54) is 17.0 Å². The molecule has 224 valence electrons. The van der Waals surface area contributed by atoms with Crippen LogP contribution >= 0.6 is 27.5 Å². The molecule has 1 aliphatic heterocycles. The minimum absolute atomic E-state index is 0.153. The zero-order valence-electron chi connectivity index (χ0n) is 23.9. The number of benzene rings is 3. The number of rotatable bonds is 6. The van der Waals surface area contributed by atoms with E-state index in [0.717, 1.165) is 31.4 Å². The molecule has 6 rings (SSSR count). The summed E-state index contributed by atoms with van der Waals surface area (Å²) >= 11 is 9.94. The molecule has 1 aromatic heterocycles. The fourth-order valence-electron chi connectivity index (χ4n) is 6.13. The summed E-state index contributed by atoms with van der Waals surface area (Å²) in [6.07, 6.45) is 2.38. The van der Waals surface area contributed by atoms with E-state index in [-0.39, 0.29) is 34.8 Å². The number of carbonyl (C=O) groups is 4. The first kappa shape index (κ1) is 30.1. The SMILES string of the molecule is Cc1c(Cl)c(Br)cc2c(C(=O)OCC(=O)c3ccc(F)cc3)cc(-c3ccc(N4C(=O)C5CCC(C)CC5C4=O)cc3)nc12. The van der Waals surface area contributed by atoms with Crippen LogP contribution < -0.4 is 4.90 Å². The van der Waals surface area contributed by atoms with Gasteiger partial charge in [-0.3, -0.25) is 19.3 Å². The Morgan fingerprint density at radius 2 is 1.70 bits per heavy atom. The third kappa shape index (κ3) is 5.43. The number of halogens is 3. The third-order valence-electron chi connectivity index (χ3n) is 8.55. The second-order valence-electron chi connectivity index (χ2n) is 11.4. The minimum Gasteiger partial charge on any atom is -0.454 e. The van der Waals surface area contributed by atoms with Gasteiger partial charge in [-0.2, -0.15) is 0 Å². The fourth-order valence-corrected chi connectivity index (χ4v) is 6.80. The van der Waals surface area contributed by atoms with E-state index in [1.54, 1.807) is 43.3 Å². The van der Waals surface area contributed by atoms with E-state index >= 15 is 0 Å². The van der Waals surface area contributed by atoms with Gasteiger partial charge < -0.3 is 4.74 Å². The predicted octanol–water partition coefficient (Wildman–Crippen LogP) is 7.73. The molecule has 0 spiro atoms. The first-order valence-electron chi connectivity index (χ1n) is 14.3. The van der Waals surface area contributed by atoms with Crippen LogP contribution in [0.15, 0.2) is 65.1 Å². The van der Waals surface area contributed by atoms with Crippen LogP contribution in [0.5, 0.6) is 0 Å². The number of aromatic nitrogens is 1. The molecular weight excluding hydrogens is 651 g/mol. The van der Waals surface area contributed by atoms with E-state index in [1.807, 2.05) is 0 Å². The summed E-state index contributed by atoms with van der Waals surface area (Å²) in [5, 5.41) is 0.911. The summed E-state index contributed by atoms with van der Waals surface area (Å²) in [7, 11) is 0. The molecule has 2 aliphatic rings. The van der Waals surface area contributed by atoms with Gasteiger partial charge in [0.2, 0.25) is 11.8 Å². The van der Waals surface area contributed by atoms with Gasteiger partial charge in [-0.15, -0.1) is 0 Å². The van der Waals surface area contributed by atoms with Crippen molar-refractivity contribution in [1.82, 2.24) is 4.98 Å². The molecule has 2 amide bonds. The Hall–Kier alpha value is -3.95. The predicted molar refractivity (Wildman–Crippen MR) is 168 cm³/mol. The van der Waals surface area contributed by atoms with Crippen molar-refractivity contribution in [2.24, 2.45) is 17.8 Å². The zero-order chi connectivity index (χ0) is 31.3. The fraction of sp³-hybridized carbons (Fsp3) is 0.265. The molecule has 0 radical (unpaired) electrons. The highest BCUT2D eigenvalue weighted by Gasteiger charge is 2.49. The number of pyridine rings is 1. The molecule has 1 aliphatic carbocycles. The zero-order valence-corrected chi connectivity index (χ0v) is 26.2. The Labute approximate surface area is 266 Å². The Bertz CT molecular complexity index is 1840. The highest BCUT2D eigenvalue weighted by molar-refractivity contribution is 9.10. The summed E-state index contributed by atoms with van der Waals surface area (Å²) in [4.78, 5) is 58.5. The second-order valence-corrected chi connectivity index (χ2v) is 12.7. The number of anilines is 1. The molecule has 4 aromatic rings. The van der Waals surface area contributed by atoms with Crippen molar-refractivity contribution in [2.45, 2.75) is 33.1 Å². The quantitative estimate of drug-likeness (QED) is 0.118. The van der Waals surface area contributed by atoms with Crippen LogP contribution in [0.3, 0.4) is 0 Å². The molecule has 2 heterocycles. The number of hydrogen-bond donors (Lipinski definition) is 0. The second kappa shape index (κ2) is 11.9. The maximum Gasteiger partial charge on any atom is 0.339 e. The molecule has 1 saturated heterocycles. The summed E-state index contributed by atoms with van der Waals surface area (Å²) in [5.74, 6) is -2.14. The van der Waals surface area contributed by atoms with Gasteiger partial charge in [0.1, 0.15) is 5.82 Å². The number of nitrogens with zero attached hydrogens (tertiary/aromatic N) is 2. The molecule has 0 N–H and O–H groups in total. The Kier molecular flexibility index (Phi) is 8.11.